The summed E-state index contributed by atoms with van der Waals surface area (Å²) in [4.78, 5) is 12.4. The summed E-state index contributed by atoms with van der Waals surface area (Å²) >= 11 is 1.01. The molecule has 3 aromatic heterocycles. The van der Waals surface area contributed by atoms with Crippen LogP contribution in [-0.2, 0) is 7.05 Å². The van der Waals surface area contributed by atoms with Gasteiger partial charge in [0.05, 0.1) is 11.4 Å². The molecule has 3 aromatic rings. The van der Waals surface area contributed by atoms with Crippen LogP contribution < -0.4 is 5.32 Å². The predicted octanol–water partition coefficient (Wildman–Crippen LogP) is 1.19. The molecule has 0 atom stereocenters. The average molecular weight is 305 g/mol. The number of carbonyl (C=O) groups excluding carboxylic acids is 1. The molecule has 0 saturated carbocycles. The minimum Gasteiger partial charge on any atom is -0.401 e. The topological polar surface area (TPSA) is 112 Å². The van der Waals surface area contributed by atoms with Gasteiger partial charge in [0.25, 0.3) is 11.8 Å². The number of hydrogen-bond donors (Lipinski definition) is 1. The molecule has 0 unspecified atom stereocenters. The van der Waals surface area contributed by atoms with Crippen molar-refractivity contribution in [2.75, 3.05) is 5.32 Å². The molecule has 0 aliphatic carbocycles. The second-order valence-electron chi connectivity index (χ2n) is 4.35. The summed E-state index contributed by atoms with van der Waals surface area (Å²) < 4.78 is 10.8. The molecule has 9 nitrogen and oxygen atoms in total. The van der Waals surface area contributed by atoms with Crippen LogP contribution in [0, 0.1) is 13.8 Å². The van der Waals surface area contributed by atoms with Crippen molar-refractivity contribution in [2.45, 2.75) is 13.8 Å². The van der Waals surface area contributed by atoms with Crippen molar-refractivity contribution in [3.05, 3.63) is 22.3 Å². The second kappa shape index (κ2) is 5.05. The first kappa shape index (κ1) is 13.4. The lowest BCUT2D eigenvalue weighted by Gasteiger charge is -1.97. The van der Waals surface area contributed by atoms with Gasteiger partial charge in [-0.2, -0.15) is 5.10 Å². The normalized spacial score (nSPS) is 10.8. The van der Waals surface area contributed by atoms with E-state index in [1.165, 1.54) is 0 Å². The number of nitrogens with zero attached hydrogens (tertiary/aromatic N) is 6. The van der Waals surface area contributed by atoms with Crippen molar-refractivity contribution in [1.29, 1.82) is 0 Å². The number of nitrogens with one attached hydrogen (secondary N) is 1. The standard InChI is InChI=1S/C11H11N7O2S/c1-5-4-7(18(3)16-5)10-14-15-11(20-10)12-9(19)8-6(2)13-17-21-8/h4H,1-3H3,(H,12,15,19). The van der Waals surface area contributed by atoms with Crippen LogP contribution in [-0.4, -0.2) is 35.5 Å². The lowest BCUT2D eigenvalue weighted by Crippen LogP contribution is -2.11. The maximum absolute atomic E-state index is 12.0. The Hall–Kier alpha value is -2.62. The molecule has 3 heterocycles. The highest BCUT2D eigenvalue weighted by Crippen LogP contribution is 2.20. The third-order valence-corrected chi connectivity index (χ3v) is 3.55. The van der Waals surface area contributed by atoms with Gasteiger partial charge < -0.3 is 4.42 Å². The van der Waals surface area contributed by atoms with Crippen molar-refractivity contribution in [1.82, 2.24) is 29.6 Å². The molecule has 0 fully saturated rings. The Morgan fingerprint density at radius 3 is 2.76 bits per heavy atom. The highest BCUT2D eigenvalue weighted by atomic mass is 32.1. The zero-order chi connectivity index (χ0) is 15.0. The molecule has 0 bridgehead atoms. The first-order valence-electron chi connectivity index (χ1n) is 5.99. The zero-order valence-corrected chi connectivity index (χ0v) is 12.3. The van der Waals surface area contributed by atoms with Gasteiger partial charge in [-0.3, -0.25) is 14.8 Å². The van der Waals surface area contributed by atoms with Crippen LogP contribution in [0.2, 0.25) is 0 Å². The van der Waals surface area contributed by atoms with E-state index in [4.69, 9.17) is 4.42 Å². The Labute approximate surface area is 123 Å². The van der Waals surface area contributed by atoms with Gasteiger partial charge in [0.15, 0.2) is 0 Å². The Kier molecular flexibility index (Phi) is 3.22. The van der Waals surface area contributed by atoms with Crippen molar-refractivity contribution in [3.8, 4) is 11.6 Å². The first-order chi connectivity index (χ1) is 10.0. The van der Waals surface area contributed by atoms with E-state index in [1.807, 2.05) is 13.0 Å². The van der Waals surface area contributed by atoms with E-state index in [0.29, 0.717) is 16.3 Å². The maximum atomic E-state index is 12.0. The van der Waals surface area contributed by atoms with E-state index in [9.17, 15) is 4.79 Å². The van der Waals surface area contributed by atoms with Gasteiger partial charge in [-0.05, 0) is 31.4 Å². The van der Waals surface area contributed by atoms with E-state index >= 15 is 0 Å². The predicted molar refractivity (Wildman–Crippen MR) is 73.8 cm³/mol. The van der Waals surface area contributed by atoms with E-state index in [2.05, 4.69) is 30.2 Å². The Morgan fingerprint density at radius 1 is 1.33 bits per heavy atom. The van der Waals surface area contributed by atoms with Crippen LogP contribution in [0.1, 0.15) is 21.1 Å². The van der Waals surface area contributed by atoms with E-state index in [-0.39, 0.29) is 17.8 Å². The molecule has 108 valence electrons. The number of hydrogen-bond acceptors (Lipinski definition) is 8. The van der Waals surface area contributed by atoms with Gasteiger partial charge in [0.1, 0.15) is 10.6 Å². The average Bonchev–Trinajstić information content (AvgIpc) is 3.10. The van der Waals surface area contributed by atoms with Crippen molar-refractivity contribution in [2.24, 2.45) is 7.05 Å². The molecule has 0 aromatic carbocycles. The molecule has 0 spiro atoms. The SMILES string of the molecule is Cc1cc(-c2nnc(NC(=O)c3snnc3C)o2)n(C)n1. The third-order valence-electron chi connectivity index (χ3n) is 2.72. The van der Waals surface area contributed by atoms with Gasteiger partial charge in [-0.15, -0.1) is 10.2 Å². The van der Waals surface area contributed by atoms with Gasteiger partial charge in [0.2, 0.25) is 0 Å². The molecular weight excluding hydrogens is 294 g/mol. The second-order valence-corrected chi connectivity index (χ2v) is 5.10. The van der Waals surface area contributed by atoms with E-state index in [0.717, 1.165) is 17.2 Å². The number of carbonyl (C=O) groups is 1. The van der Waals surface area contributed by atoms with Gasteiger partial charge in [0, 0.05) is 7.05 Å². The quantitative estimate of drug-likeness (QED) is 0.773. The summed E-state index contributed by atoms with van der Waals surface area (Å²) in [6.07, 6.45) is 0. The fraction of sp³-hybridized carbons (Fsp3) is 0.273. The van der Waals surface area contributed by atoms with Gasteiger partial charge in [-0.1, -0.05) is 9.59 Å². The number of rotatable bonds is 3. The summed E-state index contributed by atoms with van der Waals surface area (Å²) in [6, 6.07) is 1.83. The number of amides is 1. The van der Waals surface area contributed by atoms with E-state index < -0.39 is 0 Å². The lowest BCUT2D eigenvalue weighted by atomic mass is 10.4. The molecule has 1 N–H and O–H groups in total. The van der Waals surface area contributed by atoms with Crippen LogP contribution in [0.4, 0.5) is 6.01 Å². The van der Waals surface area contributed by atoms with Crippen LogP contribution >= 0.6 is 11.5 Å². The third kappa shape index (κ3) is 2.52. The molecule has 10 heteroatoms. The fourth-order valence-electron chi connectivity index (χ4n) is 1.78. The highest BCUT2D eigenvalue weighted by Gasteiger charge is 2.18. The Balaban J connectivity index is 1.81. The summed E-state index contributed by atoms with van der Waals surface area (Å²) in [5, 5.41) is 18.2. The zero-order valence-electron chi connectivity index (χ0n) is 11.5. The summed E-state index contributed by atoms with van der Waals surface area (Å²) in [7, 11) is 1.77. The number of aromatic nitrogens is 6. The molecule has 0 aliphatic heterocycles. The minimum absolute atomic E-state index is 0.0154. The van der Waals surface area contributed by atoms with Crippen molar-refractivity contribution >= 4 is 23.5 Å². The molecule has 0 radical (unpaired) electrons. The summed E-state index contributed by atoms with van der Waals surface area (Å²) in [6.45, 7) is 3.57. The van der Waals surface area contributed by atoms with Crippen LogP contribution in [0.15, 0.2) is 10.5 Å². The molecule has 0 aliphatic rings. The maximum Gasteiger partial charge on any atom is 0.322 e. The molecular formula is C11H11N7O2S. The van der Waals surface area contributed by atoms with Crippen LogP contribution in [0.5, 0.6) is 0 Å². The fourth-order valence-corrected chi connectivity index (χ4v) is 2.33. The van der Waals surface area contributed by atoms with E-state index in [1.54, 1.807) is 18.7 Å². The first-order valence-corrected chi connectivity index (χ1v) is 6.77. The summed E-state index contributed by atoms with van der Waals surface area (Å²) in [5.41, 5.74) is 2.07. The van der Waals surface area contributed by atoms with Crippen LogP contribution in [0.3, 0.4) is 0 Å². The van der Waals surface area contributed by atoms with Gasteiger partial charge in [-0.25, -0.2) is 0 Å². The monoisotopic (exact) mass is 305 g/mol. The number of anilines is 1. The van der Waals surface area contributed by atoms with Crippen molar-refractivity contribution in [3.63, 3.8) is 0 Å². The highest BCUT2D eigenvalue weighted by molar-refractivity contribution is 7.08. The largest absolute Gasteiger partial charge is 0.401 e. The smallest absolute Gasteiger partial charge is 0.322 e. The molecule has 1 amide bonds. The lowest BCUT2D eigenvalue weighted by molar-refractivity contribution is 0.102. The Bertz CT molecular complexity index is 803. The summed E-state index contributed by atoms with van der Waals surface area (Å²) in [5.74, 6) is -0.0913. The molecule has 0 saturated heterocycles. The van der Waals surface area contributed by atoms with Crippen LogP contribution in [0.25, 0.3) is 11.6 Å². The molecule has 3 rings (SSSR count). The Morgan fingerprint density at radius 2 is 2.14 bits per heavy atom. The van der Waals surface area contributed by atoms with Gasteiger partial charge >= 0.3 is 6.01 Å². The van der Waals surface area contributed by atoms with Crippen molar-refractivity contribution < 1.29 is 9.21 Å². The molecule has 21 heavy (non-hydrogen) atoms. The minimum atomic E-state index is -0.376. The number of aryl methyl sites for hydroxylation is 3.